The highest BCUT2D eigenvalue weighted by atomic mass is 79.9. The van der Waals surface area contributed by atoms with Crippen LogP contribution in [0.15, 0.2) is 31.8 Å². The van der Waals surface area contributed by atoms with Crippen molar-refractivity contribution in [2.75, 3.05) is 0 Å². The Morgan fingerprint density at radius 1 is 1.40 bits per heavy atom. The lowest BCUT2D eigenvalue weighted by Crippen LogP contribution is -1.87. The van der Waals surface area contributed by atoms with Crippen LogP contribution >= 0.6 is 54.8 Å². The Morgan fingerprint density at radius 2 is 2.13 bits per heavy atom. The predicted molar refractivity (Wildman–Crippen MR) is 70.9 cm³/mol. The van der Waals surface area contributed by atoms with Crippen molar-refractivity contribution in [2.24, 2.45) is 0 Å². The van der Waals surface area contributed by atoms with E-state index in [1.807, 2.05) is 12.1 Å². The lowest BCUT2D eigenvalue weighted by molar-refractivity contribution is 0.495. The van der Waals surface area contributed by atoms with E-state index < -0.39 is 0 Å². The van der Waals surface area contributed by atoms with Crippen LogP contribution in [0.5, 0.6) is 0 Å². The van der Waals surface area contributed by atoms with Gasteiger partial charge in [0.2, 0.25) is 0 Å². The monoisotopic (exact) mass is 368 g/mol. The van der Waals surface area contributed by atoms with Crippen molar-refractivity contribution in [3.63, 3.8) is 0 Å². The molecule has 1 unspecified atom stereocenters. The van der Waals surface area contributed by atoms with Crippen LogP contribution in [0.4, 0.5) is 0 Å². The molecule has 2 rings (SSSR count). The Labute approximate surface area is 114 Å². The van der Waals surface area contributed by atoms with Gasteiger partial charge in [-0.2, -0.15) is 0 Å². The average molecular weight is 370 g/mol. The number of furan rings is 1. The Balaban J connectivity index is 2.35. The molecule has 5 heteroatoms. The second-order valence-corrected chi connectivity index (χ2v) is 6.43. The summed E-state index contributed by atoms with van der Waals surface area (Å²) in [6.45, 7) is 2.06. The van der Waals surface area contributed by atoms with Gasteiger partial charge < -0.3 is 4.42 Å². The van der Waals surface area contributed by atoms with E-state index in [-0.39, 0.29) is 5.38 Å². The van der Waals surface area contributed by atoms with E-state index in [4.69, 9.17) is 16.0 Å². The second-order valence-electron chi connectivity index (χ2n) is 3.07. The van der Waals surface area contributed by atoms with Crippen LogP contribution in [0.2, 0.25) is 0 Å². The van der Waals surface area contributed by atoms with Crippen molar-refractivity contribution in [3.8, 4) is 0 Å². The molecule has 0 aliphatic rings. The predicted octanol–water partition coefficient (Wildman–Crippen LogP) is 5.50. The van der Waals surface area contributed by atoms with Crippen molar-refractivity contribution in [3.05, 3.63) is 42.9 Å². The highest BCUT2D eigenvalue weighted by Crippen LogP contribution is 2.40. The molecule has 0 aromatic carbocycles. The zero-order valence-corrected chi connectivity index (χ0v) is 12.5. The molecule has 2 heterocycles. The van der Waals surface area contributed by atoms with Crippen molar-refractivity contribution < 1.29 is 4.42 Å². The van der Waals surface area contributed by atoms with E-state index in [1.165, 1.54) is 4.88 Å². The largest absolute Gasteiger partial charge is 0.452 e. The summed E-state index contributed by atoms with van der Waals surface area (Å²) in [7, 11) is 0. The maximum absolute atomic E-state index is 6.33. The van der Waals surface area contributed by atoms with Crippen LogP contribution in [0.1, 0.15) is 20.9 Å². The summed E-state index contributed by atoms with van der Waals surface area (Å²) in [5.41, 5.74) is 0. The van der Waals surface area contributed by atoms with Crippen LogP contribution in [0.25, 0.3) is 0 Å². The maximum Gasteiger partial charge on any atom is 0.169 e. The normalized spacial score (nSPS) is 13.1. The molecule has 15 heavy (non-hydrogen) atoms. The molecule has 2 aromatic rings. The van der Waals surface area contributed by atoms with Crippen LogP contribution < -0.4 is 0 Å². The summed E-state index contributed by atoms with van der Waals surface area (Å²) in [5, 5.41) is -0.232. The molecule has 0 saturated carbocycles. The number of alkyl halides is 1. The highest BCUT2D eigenvalue weighted by Gasteiger charge is 2.19. The fraction of sp³-hybridized carbons (Fsp3) is 0.200. The fourth-order valence-electron chi connectivity index (χ4n) is 1.27. The van der Waals surface area contributed by atoms with E-state index in [0.29, 0.717) is 4.67 Å². The lowest BCUT2D eigenvalue weighted by Gasteiger charge is -2.03. The van der Waals surface area contributed by atoms with Crippen LogP contribution in [-0.4, -0.2) is 0 Å². The maximum atomic E-state index is 6.33. The summed E-state index contributed by atoms with van der Waals surface area (Å²) < 4.78 is 7.18. The molecule has 0 fully saturated rings. The number of halogens is 3. The van der Waals surface area contributed by atoms with Crippen molar-refractivity contribution in [1.29, 1.82) is 0 Å². The van der Waals surface area contributed by atoms with Gasteiger partial charge in [0, 0.05) is 14.2 Å². The first-order chi connectivity index (χ1) is 7.08. The zero-order valence-electron chi connectivity index (χ0n) is 7.76. The zero-order chi connectivity index (χ0) is 11.0. The number of aryl methyl sites for hydroxylation is 1. The third-order valence-electron chi connectivity index (χ3n) is 1.91. The number of hydrogen-bond donors (Lipinski definition) is 0. The molecule has 0 radical (unpaired) electrons. The molecule has 0 spiro atoms. The molecule has 0 saturated heterocycles. The summed E-state index contributed by atoms with van der Waals surface area (Å²) >= 11 is 14.8. The average Bonchev–Trinajstić information content (AvgIpc) is 2.71. The van der Waals surface area contributed by atoms with Crippen molar-refractivity contribution in [2.45, 2.75) is 12.3 Å². The Hall–Kier alpha value is 0.230. The summed E-state index contributed by atoms with van der Waals surface area (Å²) in [6.07, 6.45) is 0. The van der Waals surface area contributed by atoms with Gasteiger partial charge in [-0.1, -0.05) is 0 Å². The van der Waals surface area contributed by atoms with Gasteiger partial charge in [0.05, 0.1) is 0 Å². The third-order valence-corrected chi connectivity index (χ3v) is 4.93. The summed E-state index contributed by atoms with van der Waals surface area (Å²) in [4.78, 5) is 2.31. The fourth-order valence-corrected chi connectivity index (χ4v) is 3.95. The topological polar surface area (TPSA) is 13.1 Å². The first kappa shape index (κ1) is 11.7. The van der Waals surface area contributed by atoms with Gasteiger partial charge in [-0.05, 0) is 57.0 Å². The molecular weight excluding hydrogens is 363 g/mol. The van der Waals surface area contributed by atoms with E-state index >= 15 is 0 Å². The third kappa shape index (κ3) is 2.49. The second kappa shape index (κ2) is 4.62. The van der Waals surface area contributed by atoms with Gasteiger partial charge >= 0.3 is 0 Å². The molecule has 2 aromatic heterocycles. The molecule has 0 amide bonds. The quantitative estimate of drug-likeness (QED) is 0.636. The first-order valence-corrected chi connectivity index (χ1v) is 7.07. The minimum Gasteiger partial charge on any atom is -0.452 e. The van der Waals surface area contributed by atoms with E-state index in [9.17, 15) is 0 Å². The van der Waals surface area contributed by atoms with Crippen LogP contribution in [-0.2, 0) is 0 Å². The molecule has 0 aliphatic heterocycles. The van der Waals surface area contributed by atoms with E-state index in [1.54, 1.807) is 11.3 Å². The number of thiophene rings is 1. The minimum absolute atomic E-state index is 0.232. The van der Waals surface area contributed by atoms with Crippen LogP contribution in [0, 0.1) is 6.92 Å². The molecule has 80 valence electrons. The first-order valence-electron chi connectivity index (χ1n) is 4.23. The van der Waals surface area contributed by atoms with Gasteiger partial charge in [-0.25, -0.2) is 0 Å². The van der Waals surface area contributed by atoms with Gasteiger partial charge in [-0.15, -0.1) is 22.9 Å². The van der Waals surface area contributed by atoms with Crippen molar-refractivity contribution in [1.82, 2.24) is 0 Å². The smallest absolute Gasteiger partial charge is 0.169 e. The number of hydrogen-bond acceptors (Lipinski definition) is 2. The SMILES string of the molecule is Cc1cc(Br)c(C(Cl)c2ccc(Br)o2)s1. The molecule has 0 bridgehead atoms. The molecule has 0 N–H and O–H groups in total. The van der Waals surface area contributed by atoms with Crippen LogP contribution in [0.3, 0.4) is 0 Å². The van der Waals surface area contributed by atoms with E-state index in [2.05, 4.69) is 44.8 Å². The minimum atomic E-state index is -0.232. The van der Waals surface area contributed by atoms with Crippen molar-refractivity contribution >= 4 is 54.8 Å². The Bertz CT molecular complexity index is 477. The number of rotatable bonds is 2. The Kier molecular flexibility index (Phi) is 3.60. The molecule has 1 nitrogen and oxygen atoms in total. The van der Waals surface area contributed by atoms with Gasteiger partial charge in [0.15, 0.2) is 4.67 Å². The van der Waals surface area contributed by atoms with Gasteiger partial charge in [0.25, 0.3) is 0 Å². The van der Waals surface area contributed by atoms with E-state index in [0.717, 1.165) is 15.1 Å². The standard InChI is InChI=1S/C10H7Br2ClOS/c1-5-4-6(11)10(15-5)9(13)7-2-3-8(12)14-7/h2-4,9H,1H3. The lowest BCUT2D eigenvalue weighted by atomic mass is 10.3. The Morgan fingerprint density at radius 3 is 2.60 bits per heavy atom. The van der Waals surface area contributed by atoms with Gasteiger partial charge in [-0.3, -0.25) is 0 Å². The molecule has 1 atom stereocenters. The summed E-state index contributed by atoms with van der Waals surface area (Å²) in [5.74, 6) is 0.756. The van der Waals surface area contributed by atoms with Gasteiger partial charge in [0.1, 0.15) is 11.1 Å². The summed E-state index contributed by atoms with van der Waals surface area (Å²) in [6, 6.07) is 5.79. The molecule has 0 aliphatic carbocycles. The highest BCUT2D eigenvalue weighted by molar-refractivity contribution is 9.10. The molecular formula is C10H7Br2ClOS.